The first-order chi connectivity index (χ1) is 7.27. The quantitative estimate of drug-likeness (QED) is 0.599. The van der Waals surface area contributed by atoms with E-state index in [1.54, 1.807) is 14.2 Å². The number of ether oxygens (including phenoxy) is 2. The molecule has 0 spiro atoms. The fourth-order valence-electron chi connectivity index (χ4n) is 1.34. The summed E-state index contributed by atoms with van der Waals surface area (Å²) in [5, 5.41) is 3.87. The molecule has 0 aliphatic carbocycles. The number of benzene rings is 1. The molecule has 1 aromatic rings. The van der Waals surface area contributed by atoms with E-state index in [0.717, 1.165) is 29.3 Å². The van der Waals surface area contributed by atoms with E-state index < -0.39 is 0 Å². The summed E-state index contributed by atoms with van der Waals surface area (Å²) in [6.07, 6.45) is 0.868. The lowest BCUT2D eigenvalue weighted by Gasteiger charge is -2.09. The average molecular weight is 230 g/mol. The van der Waals surface area contributed by atoms with Crippen LogP contribution in [0.2, 0.25) is 5.02 Å². The van der Waals surface area contributed by atoms with Gasteiger partial charge >= 0.3 is 0 Å². The Balaban J connectivity index is 2.54. The summed E-state index contributed by atoms with van der Waals surface area (Å²) in [4.78, 5) is 0. The molecule has 0 aliphatic rings. The SMILES string of the molecule is COCNCCc1cc(Cl)ccc1OC. The molecular formula is C11H16ClNO2. The first-order valence-corrected chi connectivity index (χ1v) is 5.17. The van der Waals surface area contributed by atoms with E-state index in [9.17, 15) is 0 Å². The fourth-order valence-corrected chi connectivity index (χ4v) is 1.53. The Bertz CT molecular complexity index is 305. The van der Waals surface area contributed by atoms with Crippen LogP contribution < -0.4 is 10.1 Å². The zero-order valence-corrected chi connectivity index (χ0v) is 9.80. The van der Waals surface area contributed by atoms with E-state index >= 15 is 0 Å². The smallest absolute Gasteiger partial charge is 0.122 e. The van der Waals surface area contributed by atoms with Crippen molar-refractivity contribution in [3.8, 4) is 5.75 Å². The third kappa shape index (κ3) is 4.08. The molecular weight excluding hydrogens is 214 g/mol. The number of hydrogen-bond donors (Lipinski definition) is 1. The minimum absolute atomic E-state index is 0.558. The monoisotopic (exact) mass is 229 g/mol. The van der Waals surface area contributed by atoms with Crippen LogP contribution in [0.3, 0.4) is 0 Å². The maximum atomic E-state index is 5.91. The second kappa shape index (κ2) is 6.67. The normalized spacial score (nSPS) is 10.3. The van der Waals surface area contributed by atoms with Gasteiger partial charge in [-0.3, -0.25) is 5.32 Å². The van der Waals surface area contributed by atoms with Crippen LogP contribution in [0.25, 0.3) is 0 Å². The third-order valence-electron chi connectivity index (χ3n) is 2.06. The lowest BCUT2D eigenvalue weighted by atomic mass is 10.1. The van der Waals surface area contributed by atoms with Crippen molar-refractivity contribution in [3.05, 3.63) is 28.8 Å². The lowest BCUT2D eigenvalue weighted by Crippen LogP contribution is -2.19. The summed E-state index contributed by atoms with van der Waals surface area (Å²) in [6, 6.07) is 5.63. The van der Waals surface area contributed by atoms with Crippen molar-refractivity contribution < 1.29 is 9.47 Å². The Morgan fingerprint density at radius 3 is 2.80 bits per heavy atom. The molecule has 0 saturated carbocycles. The number of halogens is 1. The van der Waals surface area contributed by atoms with Gasteiger partial charge in [0.1, 0.15) is 5.75 Å². The van der Waals surface area contributed by atoms with Crippen molar-refractivity contribution in [3.63, 3.8) is 0 Å². The fraction of sp³-hybridized carbons (Fsp3) is 0.455. The summed E-state index contributed by atoms with van der Waals surface area (Å²) < 4.78 is 10.1. The van der Waals surface area contributed by atoms with Gasteiger partial charge in [0, 0.05) is 18.7 Å². The molecule has 0 fully saturated rings. The van der Waals surface area contributed by atoms with E-state index in [1.807, 2.05) is 18.2 Å². The van der Waals surface area contributed by atoms with Gasteiger partial charge in [-0.05, 0) is 30.2 Å². The zero-order chi connectivity index (χ0) is 11.1. The summed E-state index contributed by atoms with van der Waals surface area (Å²) in [7, 11) is 3.32. The van der Waals surface area contributed by atoms with Gasteiger partial charge in [-0.25, -0.2) is 0 Å². The highest BCUT2D eigenvalue weighted by molar-refractivity contribution is 6.30. The first kappa shape index (κ1) is 12.3. The van der Waals surface area contributed by atoms with Crippen LogP contribution in [-0.2, 0) is 11.2 Å². The van der Waals surface area contributed by atoms with Crippen LogP contribution in [0, 0.1) is 0 Å². The zero-order valence-electron chi connectivity index (χ0n) is 9.05. The van der Waals surface area contributed by atoms with Gasteiger partial charge in [-0.2, -0.15) is 0 Å². The highest BCUT2D eigenvalue weighted by Gasteiger charge is 2.02. The molecule has 15 heavy (non-hydrogen) atoms. The van der Waals surface area contributed by atoms with Gasteiger partial charge in [0.15, 0.2) is 0 Å². The average Bonchev–Trinajstić information content (AvgIpc) is 2.25. The van der Waals surface area contributed by atoms with Crippen LogP contribution in [0.1, 0.15) is 5.56 Å². The predicted molar refractivity (Wildman–Crippen MR) is 61.6 cm³/mol. The number of methoxy groups -OCH3 is 2. The third-order valence-corrected chi connectivity index (χ3v) is 2.30. The minimum Gasteiger partial charge on any atom is -0.496 e. The maximum Gasteiger partial charge on any atom is 0.122 e. The highest BCUT2D eigenvalue weighted by Crippen LogP contribution is 2.22. The number of rotatable bonds is 6. The van der Waals surface area contributed by atoms with Gasteiger partial charge in [-0.1, -0.05) is 11.6 Å². The van der Waals surface area contributed by atoms with E-state index in [1.165, 1.54) is 0 Å². The Morgan fingerprint density at radius 1 is 1.33 bits per heavy atom. The van der Waals surface area contributed by atoms with Gasteiger partial charge in [-0.15, -0.1) is 0 Å². The van der Waals surface area contributed by atoms with E-state index in [2.05, 4.69) is 5.32 Å². The molecule has 1 N–H and O–H groups in total. The van der Waals surface area contributed by atoms with Gasteiger partial charge < -0.3 is 9.47 Å². The second-order valence-corrected chi connectivity index (χ2v) is 3.58. The molecule has 0 aliphatic heterocycles. The van der Waals surface area contributed by atoms with Crippen LogP contribution in [0.4, 0.5) is 0 Å². The molecule has 0 bridgehead atoms. The molecule has 0 heterocycles. The largest absolute Gasteiger partial charge is 0.496 e. The molecule has 0 atom stereocenters. The molecule has 1 aromatic carbocycles. The minimum atomic E-state index is 0.558. The van der Waals surface area contributed by atoms with Crippen LogP contribution in [0.15, 0.2) is 18.2 Å². The number of nitrogens with one attached hydrogen (secondary N) is 1. The summed E-state index contributed by atoms with van der Waals surface area (Å²) in [6.45, 7) is 1.40. The topological polar surface area (TPSA) is 30.5 Å². The van der Waals surface area contributed by atoms with Crippen molar-refractivity contribution in [2.75, 3.05) is 27.5 Å². The summed E-state index contributed by atoms with van der Waals surface area (Å²) >= 11 is 5.91. The van der Waals surface area contributed by atoms with Crippen LogP contribution in [0.5, 0.6) is 5.75 Å². The Kier molecular flexibility index (Phi) is 5.47. The molecule has 0 amide bonds. The molecule has 0 radical (unpaired) electrons. The predicted octanol–water partition coefficient (Wildman–Crippen LogP) is 2.08. The van der Waals surface area contributed by atoms with Crippen molar-refractivity contribution >= 4 is 11.6 Å². The van der Waals surface area contributed by atoms with Crippen molar-refractivity contribution in [2.24, 2.45) is 0 Å². The maximum absolute atomic E-state index is 5.91. The molecule has 1 rings (SSSR count). The van der Waals surface area contributed by atoms with Crippen LogP contribution in [-0.4, -0.2) is 27.5 Å². The summed E-state index contributed by atoms with van der Waals surface area (Å²) in [5.74, 6) is 0.874. The summed E-state index contributed by atoms with van der Waals surface area (Å²) in [5.41, 5.74) is 1.11. The number of hydrogen-bond acceptors (Lipinski definition) is 3. The Hall–Kier alpha value is -0.770. The van der Waals surface area contributed by atoms with E-state index in [4.69, 9.17) is 21.1 Å². The molecule has 0 aromatic heterocycles. The van der Waals surface area contributed by atoms with Gasteiger partial charge in [0.05, 0.1) is 13.8 Å². The molecule has 84 valence electrons. The van der Waals surface area contributed by atoms with Gasteiger partial charge in [0.2, 0.25) is 0 Å². The molecule has 4 heteroatoms. The highest BCUT2D eigenvalue weighted by atomic mass is 35.5. The molecule has 0 saturated heterocycles. The standard InChI is InChI=1S/C11H16ClNO2/c1-14-8-13-6-5-9-7-10(12)3-4-11(9)15-2/h3-4,7,13H,5-6,8H2,1-2H3. The molecule has 0 unspecified atom stereocenters. The van der Waals surface area contributed by atoms with E-state index in [-0.39, 0.29) is 0 Å². The van der Waals surface area contributed by atoms with Gasteiger partial charge in [0.25, 0.3) is 0 Å². The van der Waals surface area contributed by atoms with Crippen molar-refractivity contribution in [1.29, 1.82) is 0 Å². The van der Waals surface area contributed by atoms with Crippen molar-refractivity contribution in [1.82, 2.24) is 5.32 Å². The first-order valence-electron chi connectivity index (χ1n) is 4.80. The van der Waals surface area contributed by atoms with E-state index in [0.29, 0.717) is 6.73 Å². The second-order valence-electron chi connectivity index (χ2n) is 3.14. The Labute approximate surface area is 95.3 Å². The molecule has 3 nitrogen and oxygen atoms in total. The van der Waals surface area contributed by atoms with Crippen molar-refractivity contribution in [2.45, 2.75) is 6.42 Å². The van der Waals surface area contributed by atoms with Crippen LogP contribution >= 0.6 is 11.6 Å². The lowest BCUT2D eigenvalue weighted by molar-refractivity contribution is 0.176. The Morgan fingerprint density at radius 2 is 2.13 bits per heavy atom.